The van der Waals surface area contributed by atoms with E-state index in [-0.39, 0.29) is 11.7 Å². The fourth-order valence-corrected chi connectivity index (χ4v) is 2.75. The molecule has 0 saturated carbocycles. The highest BCUT2D eigenvalue weighted by atomic mass is 19.1. The number of carbonyl (C=O) groups excluding carboxylic acids is 1. The van der Waals surface area contributed by atoms with E-state index in [0.717, 1.165) is 17.7 Å². The van der Waals surface area contributed by atoms with Crippen molar-refractivity contribution in [1.29, 1.82) is 0 Å². The summed E-state index contributed by atoms with van der Waals surface area (Å²) in [6.07, 6.45) is 1.65. The summed E-state index contributed by atoms with van der Waals surface area (Å²) in [5, 5.41) is 5.99. The van der Waals surface area contributed by atoms with E-state index in [1.54, 1.807) is 18.2 Å². The lowest BCUT2D eigenvalue weighted by Crippen LogP contribution is -2.17. The van der Waals surface area contributed by atoms with E-state index in [9.17, 15) is 9.18 Å². The van der Waals surface area contributed by atoms with Crippen molar-refractivity contribution in [3.8, 4) is 0 Å². The van der Waals surface area contributed by atoms with Gasteiger partial charge in [-0.1, -0.05) is 31.2 Å². The van der Waals surface area contributed by atoms with Crippen LogP contribution in [0.4, 0.5) is 16.0 Å². The lowest BCUT2D eigenvalue weighted by atomic mass is 10.1. The normalized spacial score (nSPS) is 10.5. The first-order valence-electron chi connectivity index (χ1n) is 9.28. The van der Waals surface area contributed by atoms with Gasteiger partial charge in [-0.15, -0.1) is 0 Å². The average Bonchev–Trinajstić information content (AvgIpc) is 2.69. The maximum absolute atomic E-state index is 13.0. The number of rotatable bonds is 7. The molecule has 0 aliphatic heterocycles. The van der Waals surface area contributed by atoms with Gasteiger partial charge in [-0.2, -0.15) is 0 Å². The van der Waals surface area contributed by atoms with E-state index >= 15 is 0 Å². The van der Waals surface area contributed by atoms with E-state index in [2.05, 4.69) is 27.5 Å². The smallest absolute Gasteiger partial charge is 0.274 e. The van der Waals surface area contributed by atoms with Crippen LogP contribution in [0, 0.1) is 12.7 Å². The fraction of sp³-hybridized carbons (Fsp3) is 0.227. The molecule has 1 aromatic heterocycles. The summed E-state index contributed by atoms with van der Waals surface area (Å²) in [7, 11) is 0. The summed E-state index contributed by atoms with van der Waals surface area (Å²) in [6, 6.07) is 15.8. The van der Waals surface area contributed by atoms with Crippen LogP contribution in [0.15, 0.2) is 54.6 Å². The minimum atomic E-state index is -0.281. The molecule has 1 heterocycles. The van der Waals surface area contributed by atoms with Crippen LogP contribution < -0.4 is 10.6 Å². The number of benzene rings is 2. The van der Waals surface area contributed by atoms with E-state index in [4.69, 9.17) is 0 Å². The van der Waals surface area contributed by atoms with Gasteiger partial charge in [0, 0.05) is 17.9 Å². The van der Waals surface area contributed by atoms with Gasteiger partial charge in [-0.25, -0.2) is 14.4 Å². The Morgan fingerprint density at radius 2 is 1.68 bits per heavy atom. The number of nitrogens with one attached hydrogen (secondary N) is 2. The molecule has 0 saturated heterocycles. The summed E-state index contributed by atoms with van der Waals surface area (Å²) in [5.74, 6) is -0.136. The number of carbonyl (C=O) groups is 1. The molecule has 2 aromatic carbocycles. The second-order valence-corrected chi connectivity index (χ2v) is 6.53. The molecule has 0 unspecified atom stereocenters. The number of anilines is 2. The SMILES string of the molecule is CCc1ccc(NC(=O)c2cc(C)nc(NCCc3ccc(F)cc3)n2)cc1. The maximum atomic E-state index is 13.0. The molecule has 5 nitrogen and oxygen atoms in total. The highest BCUT2D eigenvalue weighted by Crippen LogP contribution is 2.13. The molecule has 0 bridgehead atoms. The van der Waals surface area contributed by atoms with Gasteiger partial charge < -0.3 is 10.6 Å². The number of nitrogens with zero attached hydrogens (tertiary/aromatic N) is 2. The topological polar surface area (TPSA) is 66.9 Å². The molecule has 3 aromatic rings. The van der Waals surface area contributed by atoms with Crippen molar-refractivity contribution < 1.29 is 9.18 Å². The minimum absolute atomic E-state index is 0.251. The van der Waals surface area contributed by atoms with Gasteiger partial charge >= 0.3 is 0 Å². The van der Waals surface area contributed by atoms with Gasteiger partial charge in [-0.3, -0.25) is 4.79 Å². The van der Waals surface area contributed by atoms with Crippen LogP contribution >= 0.6 is 0 Å². The van der Waals surface area contributed by atoms with Crippen molar-refractivity contribution >= 4 is 17.5 Å². The Hall–Kier alpha value is -3.28. The Balaban J connectivity index is 1.62. The van der Waals surface area contributed by atoms with Gasteiger partial charge in [0.1, 0.15) is 11.5 Å². The van der Waals surface area contributed by atoms with Crippen LogP contribution in [0.3, 0.4) is 0 Å². The average molecular weight is 378 g/mol. The van der Waals surface area contributed by atoms with Crippen molar-refractivity contribution in [2.24, 2.45) is 0 Å². The summed E-state index contributed by atoms with van der Waals surface area (Å²) in [4.78, 5) is 21.2. The van der Waals surface area contributed by atoms with Crippen molar-refractivity contribution in [2.75, 3.05) is 17.2 Å². The van der Waals surface area contributed by atoms with Crippen molar-refractivity contribution in [1.82, 2.24) is 9.97 Å². The summed E-state index contributed by atoms with van der Waals surface area (Å²) in [6.45, 7) is 4.48. The molecule has 0 aliphatic rings. The van der Waals surface area contributed by atoms with Crippen LogP contribution in [-0.4, -0.2) is 22.4 Å². The number of aryl methyl sites for hydroxylation is 2. The van der Waals surface area contributed by atoms with Crippen molar-refractivity contribution in [3.63, 3.8) is 0 Å². The molecule has 6 heteroatoms. The number of hydrogen-bond acceptors (Lipinski definition) is 4. The maximum Gasteiger partial charge on any atom is 0.274 e. The third kappa shape index (κ3) is 5.36. The third-order valence-corrected chi connectivity index (χ3v) is 4.32. The number of aromatic nitrogens is 2. The predicted molar refractivity (Wildman–Crippen MR) is 109 cm³/mol. The van der Waals surface area contributed by atoms with Crippen LogP contribution in [0.1, 0.15) is 34.2 Å². The van der Waals surface area contributed by atoms with Gasteiger partial charge in [0.05, 0.1) is 0 Å². The molecule has 0 atom stereocenters. The van der Waals surface area contributed by atoms with Gasteiger partial charge in [0.2, 0.25) is 5.95 Å². The molecule has 0 aliphatic carbocycles. The summed E-state index contributed by atoms with van der Waals surface area (Å²) in [5.41, 5.74) is 3.95. The zero-order valence-electron chi connectivity index (χ0n) is 16.0. The molecule has 1 amide bonds. The number of amides is 1. The van der Waals surface area contributed by atoms with E-state index in [0.29, 0.717) is 30.3 Å². The number of halogens is 1. The van der Waals surface area contributed by atoms with Crippen LogP contribution in [0.2, 0.25) is 0 Å². The van der Waals surface area contributed by atoms with Crippen LogP contribution in [-0.2, 0) is 12.8 Å². The summed E-state index contributed by atoms with van der Waals surface area (Å²) < 4.78 is 13.0. The zero-order chi connectivity index (χ0) is 19.9. The molecule has 144 valence electrons. The molecule has 0 spiro atoms. The largest absolute Gasteiger partial charge is 0.354 e. The lowest BCUT2D eigenvalue weighted by Gasteiger charge is -2.09. The van der Waals surface area contributed by atoms with Gasteiger partial charge in [-0.05, 0) is 61.2 Å². The second-order valence-electron chi connectivity index (χ2n) is 6.53. The fourth-order valence-electron chi connectivity index (χ4n) is 2.75. The van der Waals surface area contributed by atoms with Crippen molar-refractivity contribution in [3.05, 3.63) is 82.9 Å². The Kier molecular flexibility index (Phi) is 6.32. The Labute approximate surface area is 164 Å². The molecule has 2 N–H and O–H groups in total. The Morgan fingerprint density at radius 3 is 2.36 bits per heavy atom. The lowest BCUT2D eigenvalue weighted by molar-refractivity contribution is 0.102. The predicted octanol–water partition coefficient (Wildman–Crippen LogP) is 4.39. The Morgan fingerprint density at radius 1 is 1.00 bits per heavy atom. The van der Waals surface area contributed by atoms with Crippen LogP contribution in [0.5, 0.6) is 0 Å². The first kappa shape index (κ1) is 19.5. The van der Waals surface area contributed by atoms with E-state index < -0.39 is 0 Å². The molecule has 0 radical (unpaired) electrons. The molecular weight excluding hydrogens is 355 g/mol. The first-order valence-corrected chi connectivity index (χ1v) is 9.28. The monoisotopic (exact) mass is 378 g/mol. The molecular formula is C22H23FN4O. The molecule has 3 rings (SSSR count). The van der Waals surface area contributed by atoms with E-state index in [1.165, 1.54) is 17.7 Å². The standard InChI is InChI=1S/C22H23FN4O/c1-3-16-6-10-19(11-7-16)26-21(28)20-14-15(2)25-22(27-20)24-13-12-17-4-8-18(23)9-5-17/h4-11,14H,3,12-13H2,1-2H3,(H,26,28)(H,24,25,27). The van der Waals surface area contributed by atoms with Gasteiger partial charge in [0.25, 0.3) is 5.91 Å². The number of hydrogen-bond donors (Lipinski definition) is 2. The zero-order valence-corrected chi connectivity index (χ0v) is 16.0. The quantitative estimate of drug-likeness (QED) is 0.640. The highest BCUT2D eigenvalue weighted by Gasteiger charge is 2.11. The molecule has 28 heavy (non-hydrogen) atoms. The molecule has 0 fully saturated rings. The van der Waals surface area contributed by atoms with Gasteiger partial charge in [0.15, 0.2) is 0 Å². The second kappa shape index (κ2) is 9.08. The van der Waals surface area contributed by atoms with Crippen LogP contribution in [0.25, 0.3) is 0 Å². The summed E-state index contributed by atoms with van der Waals surface area (Å²) >= 11 is 0. The van der Waals surface area contributed by atoms with Crippen molar-refractivity contribution in [2.45, 2.75) is 26.7 Å². The minimum Gasteiger partial charge on any atom is -0.354 e. The third-order valence-electron chi connectivity index (χ3n) is 4.32. The first-order chi connectivity index (χ1) is 13.5. The Bertz CT molecular complexity index is 940. The van der Waals surface area contributed by atoms with E-state index in [1.807, 2.05) is 31.2 Å². The highest BCUT2D eigenvalue weighted by molar-refractivity contribution is 6.03.